The van der Waals surface area contributed by atoms with Gasteiger partial charge in [-0.05, 0) is 55.3 Å². The number of rotatable bonds is 3. The molecule has 7 heteroatoms. The van der Waals surface area contributed by atoms with Crippen LogP contribution in [0.25, 0.3) is 0 Å². The highest BCUT2D eigenvalue weighted by molar-refractivity contribution is 7.93. The monoisotopic (exact) mass is 364 g/mol. The van der Waals surface area contributed by atoms with Crippen molar-refractivity contribution in [3.63, 3.8) is 0 Å². The van der Waals surface area contributed by atoms with Crippen LogP contribution in [0.15, 0.2) is 42.5 Å². The molecule has 0 atom stereocenters. The lowest BCUT2D eigenvalue weighted by molar-refractivity contribution is 0.102. The standard InChI is InChI=1S/C17H17ClN2O3S/c1-12-15(18)4-2-5-16(12)19-17(21)13-6-8-14(9-7-13)20-10-3-11-24(20,22)23/h2,4-9H,3,10-11H2,1H3,(H,19,21). The van der Waals surface area contributed by atoms with Gasteiger partial charge in [-0.25, -0.2) is 8.42 Å². The van der Waals surface area contributed by atoms with Gasteiger partial charge >= 0.3 is 0 Å². The van der Waals surface area contributed by atoms with E-state index in [-0.39, 0.29) is 11.7 Å². The summed E-state index contributed by atoms with van der Waals surface area (Å²) in [4.78, 5) is 12.4. The summed E-state index contributed by atoms with van der Waals surface area (Å²) in [5.74, 6) is -0.0975. The van der Waals surface area contributed by atoms with Gasteiger partial charge in [0.25, 0.3) is 5.91 Å². The van der Waals surface area contributed by atoms with Gasteiger partial charge in [-0.3, -0.25) is 9.10 Å². The molecule has 3 rings (SSSR count). The maximum absolute atomic E-state index is 12.4. The molecule has 1 heterocycles. The molecule has 2 aromatic carbocycles. The molecule has 0 bridgehead atoms. The van der Waals surface area contributed by atoms with Gasteiger partial charge in [0.2, 0.25) is 10.0 Å². The first-order chi connectivity index (χ1) is 11.4. The first-order valence-corrected chi connectivity index (χ1v) is 9.54. The van der Waals surface area contributed by atoms with Crippen molar-refractivity contribution >= 4 is 38.9 Å². The van der Waals surface area contributed by atoms with E-state index >= 15 is 0 Å². The molecule has 1 amide bonds. The predicted octanol–water partition coefficient (Wildman–Crippen LogP) is 3.44. The number of carbonyl (C=O) groups excluding carboxylic acids is 1. The molecule has 1 aliphatic rings. The van der Waals surface area contributed by atoms with E-state index in [2.05, 4.69) is 5.32 Å². The first-order valence-electron chi connectivity index (χ1n) is 7.55. The second-order valence-corrected chi connectivity index (χ2v) is 8.08. The molecule has 0 aliphatic carbocycles. The van der Waals surface area contributed by atoms with Crippen LogP contribution in [0.2, 0.25) is 5.02 Å². The van der Waals surface area contributed by atoms with Gasteiger partial charge in [-0.2, -0.15) is 0 Å². The average Bonchev–Trinajstić information content (AvgIpc) is 2.91. The summed E-state index contributed by atoms with van der Waals surface area (Å²) in [5.41, 5.74) is 2.49. The van der Waals surface area contributed by atoms with Crippen LogP contribution in [0.3, 0.4) is 0 Å². The van der Waals surface area contributed by atoms with E-state index in [0.717, 1.165) is 5.56 Å². The highest BCUT2D eigenvalue weighted by Crippen LogP contribution is 2.26. The highest BCUT2D eigenvalue weighted by Gasteiger charge is 2.28. The summed E-state index contributed by atoms with van der Waals surface area (Å²) in [6.45, 7) is 2.31. The SMILES string of the molecule is Cc1c(Cl)cccc1NC(=O)c1ccc(N2CCCS2(=O)=O)cc1. The third-order valence-electron chi connectivity index (χ3n) is 4.03. The molecule has 1 aliphatic heterocycles. The molecule has 126 valence electrons. The summed E-state index contributed by atoms with van der Waals surface area (Å²) in [7, 11) is -3.21. The Labute approximate surface area is 146 Å². The van der Waals surface area contributed by atoms with E-state index < -0.39 is 10.0 Å². The average molecular weight is 365 g/mol. The summed E-state index contributed by atoms with van der Waals surface area (Å²) >= 11 is 6.05. The van der Waals surface area contributed by atoms with Crippen LogP contribution >= 0.6 is 11.6 Å². The number of amides is 1. The minimum Gasteiger partial charge on any atom is -0.322 e. The topological polar surface area (TPSA) is 66.5 Å². The minimum atomic E-state index is -3.21. The normalized spacial score (nSPS) is 16.2. The van der Waals surface area contributed by atoms with Gasteiger partial charge in [0, 0.05) is 22.8 Å². The Hall–Kier alpha value is -2.05. The van der Waals surface area contributed by atoms with Gasteiger partial charge in [-0.1, -0.05) is 17.7 Å². The van der Waals surface area contributed by atoms with Crippen molar-refractivity contribution in [1.29, 1.82) is 0 Å². The maximum Gasteiger partial charge on any atom is 0.255 e. The van der Waals surface area contributed by atoms with Crippen LogP contribution in [-0.2, 0) is 10.0 Å². The Morgan fingerprint density at radius 3 is 2.50 bits per heavy atom. The smallest absolute Gasteiger partial charge is 0.255 e. The molecule has 5 nitrogen and oxygen atoms in total. The second kappa shape index (κ2) is 6.45. The fourth-order valence-corrected chi connectivity index (χ4v) is 4.38. The van der Waals surface area contributed by atoms with E-state index in [1.807, 2.05) is 6.92 Å². The third kappa shape index (κ3) is 3.25. The number of hydrogen-bond donors (Lipinski definition) is 1. The molecular weight excluding hydrogens is 348 g/mol. The first kappa shape index (κ1) is 16.8. The lowest BCUT2D eigenvalue weighted by atomic mass is 10.1. The Balaban J connectivity index is 1.78. The number of carbonyl (C=O) groups is 1. The van der Waals surface area contributed by atoms with Crippen LogP contribution in [-0.4, -0.2) is 26.6 Å². The van der Waals surface area contributed by atoms with Crippen LogP contribution in [0.5, 0.6) is 0 Å². The number of nitrogens with zero attached hydrogens (tertiary/aromatic N) is 1. The summed E-state index contributed by atoms with van der Waals surface area (Å²) in [6.07, 6.45) is 0.624. The Morgan fingerprint density at radius 2 is 1.88 bits per heavy atom. The van der Waals surface area contributed by atoms with E-state index in [1.54, 1.807) is 42.5 Å². The molecule has 0 spiro atoms. The van der Waals surface area contributed by atoms with E-state index in [4.69, 9.17) is 11.6 Å². The third-order valence-corrected chi connectivity index (χ3v) is 6.31. The minimum absolute atomic E-state index is 0.170. The van der Waals surface area contributed by atoms with E-state index in [0.29, 0.717) is 34.9 Å². The van der Waals surface area contributed by atoms with Gasteiger partial charge in [0.15, 0.2) is 0 Å². The number of anilines is 2. The van der Waals surface area contributed by atoms with Gasteiger partial charge in [-0.15, -0.1) is 0 Å². The van der Waals surface area contributed by atoms with E-state index in [1.165, 1.54) is 4.31 Å². The lowest BCUT2D eigenvalue weighted by Crippen LogP contribution is -2.25. The number of halogens is 1. The van der Waals surface area contributed by atoms with Crippen molar-refractivity contribution in [2.24, 2.45) is 0 Å². The summed E-state index contributed by atoms with van der Waals surface area (Å²) in [5, 5.41) is 3.40. The number of hydrogen-bond acceptors (Lipinski definition) is 3. The molecule has 24 heavy (non-hydrogen) atoms. The Bertz CT molecular complexity index is 879. The van der Waals surface area contributed by atoms with Crippen molar-refractivity contribution in [3.05, 3.63) is 58.6 Å². The molecule has 0 saturated carbocycles. The van der Waals surface area contributed by atoms with Crippen LogP contribution < -0.4 is 9.62 Å². The molecule has 1 saturated heterocycles. The zero-order valence-electron chi connectivity index (χ0n) is 13.1. The Kier molecular flexibility index (Phi) is 4.51. The van der Waals surface area contributed by atoms with Crippen molar-refractivity contribution in [2.75, 3.05) is 21.9 Å². The van der Waals surface area contributed by atoms with Crippen LogP contribution in [0.1, 0.15) is 22.3 Å². The zero-order valence-corrected chi connectivity index (χ0v) is 14.7. The fourth-order valence-electron chi connectivity index (χ4n) is 2.65. The summed E-state index contributed by atoms with van der Waals surface area (Å²) in [6, 6.07) is 11.9. The largest absolute Gasteiger partial charge is 0.322 e. The van der Waals surface area contributed by atoms with E-state index in [9.17, 15) is 13.2 Å². The van der Waals surface area contributed by atoms with Gasteiger partial charge < -0.3 is 5.32 Å². The van der Waals surface area contributed by atoms with Gasteiger partial charge in [0.1, 0.15) is 0 Å². The van der Waals surface area contributed by atoms with Crippen molar-refractivity contribution < 1.29 is 13.2 Å². The highest BCUT2D eigenvalue weighted by atomic mass is 35.5. The maximum atomic E-state index is 12.4. The molecule has 1 fully saturated rings. The van der Waals surface area contributed by atoms with Crippen molar-refractivity contribution in [3.8, 4) is 0 Å². The molecular formula is C17H17ClN2O3S. The van der Waals surface area contributed by atoms with Crippen molar-refractivity contribution in [2.45, 2.75) is 13.3 Å². The van der Waals surface area contributed by atoms with Crippen molar-refractivity contribution in [1.82, 2.24) is 0 Å². The Morgan fingerprint density at radius 1 is 1.17 bits per heavy atom. The van der Waals surface area contributed by atoms with Crippen LogP contribution in [0.4, 0.5) is 11.4 Å². The number of benzene rings is 2. The lowest BCUT2D eigenvalue weighted by Gasteiger charge is -2.17. The molecule has 2 aromatic rings. The second-order valence-electron chi connectivity index (χ2n) is 5.66. The molecule has 0 unspecified atom stereocenters. The molecule has 0 aromatic heterocycles. The zero-order chi connectivity index (χ0) is 17.3. The quantitative estimate of drug-likeness (QED) is 0.907. The summed E-state index contributed by atoms with van der Waals surface area (Å²) < 4.78 is 25.2. The molecule has 0 radical (unpaired) electrons. The molecule has 1 N–H and O–H groups in total. The van der Waals surface area contributed by atoms with Crippen LogP contribution in [0, 0.1) is 6.92 Å². The predicted molar refractivity (Wildman–Crippen MR) is 96.3 cm³/mol. The fraction of sp³-hybridized carbons (Fsp3) is 0.235. The number of nitrogens with one attached hydrogen (secondary N) is 1. The number of sulfonamides is 1. The van der Waals surface area contributed by atoms with Gasteiger partial charge in [0.05, 0.1) is 11.4 Å².